The molecule has 8 nitrogen and oxygen atoms in total. The van der Waals surface area contributed by atoms with Crippen LogP contribution in [-0.2, 0) is 6.54 Å². The lowest BCUT2D eigenvalue weighted by Gasteiger charge is -2.50. The summed E-state index contributed by atoms with van der Waals surface area (Å²) in [5, 5.41) is 21.6. The van der Waals surface area contributed by atoms with E-state index in [1.54, 1.807) is 12.3 Å². The van der Waals surface area contributed by atoms with E-state index < -0.39 is 0 Å². The number of aromatic nitrogens is 1. The molecule has 1 N–H and O–H groups in total. The van der Waals surface area contributed by atoms with Crippen LogP contribution in [0.1, 0.15) is 24.8 Å². The summed E-state index contributed by atoms with van der Waals surface area (Å²) in [6, 6.07) is 4.02. The Morgan fingerprint density at radius 1 is 1.37 bits per heavy atom. The standard InChI is InChI=1S/C18H24ClN5O3/c19-17-5-4-13(8-20-17)9-23-15-3-1-2-14(15)10-22-12-21(6-7-25)11-16(18(22)23)24(26)27/h4-5,8,14-15,25H,1-3,6-7,9-12H2. The normalized spacial score (nSPS) is 25.6. The van der Waals surface area contributed by atoms with E-state index in [-0.39, 0.29) is 23.8 Å². The lowest BCUT2D eigenvalue weighted by Crippen LogP contribution is -2.58. The summed E-state index contributed by atoms with van der Waals surface area (Å²) < 4.78 is 0. The maximum Gasteiger partial charge on any atom is 0.300 e. The van der Waals surface area contributed by atoms with Crippen LogP contribution in [0.3, 0.4) is 0 Å². The fraction of sp³-hybridized carbons (Fsp3) is 0.611. The highest BCUT2D eigenvalue weighted by atomic mass is 35.5. The van der Waals surface area contributed by atoms with Gasteiger partial charge in [0.15, 0.2) is 5.82 Å². The third kappa shape index (κ3) is 3.61. The summed E-state index contributed by atoms with van der Waals surface area (Å²) in [5.74, 6) is 1.25. The van der Waals surface area contributed by atoms with E-state index >= 15 is 0 Å². The molecule has 2 unspecified atom stereocenters. The summed E-state index contributed by atoms with van der Waals surface area (Å²) in [4.78, 5) is 22.1. The monoisotopic (exact) mass is 393 g/mol. The van der Waals surface area contributed by atoms with Gasteiger partial charge in [-0.05, 0) is 30.4 Å². The molecule has 0 bridgehead atoms. The highest BCUT2D eigenvalue weighted by molar-refractivity contribution is 6.29. The predicted octanol–water partition coefficient (Wildman–Crippen LogP) is 1.73. The number of aliphatic hydroxyl groups excluding tert-OH is 1. The van der Waals surface area contributed by atoms with Crippen LogP contribution in [0, 0.1) is 16.0 Å². The molecule has 0 amide bonds. The molecule has 0 aromatic carbocycles. The Morgan fingerprint density at radius 2 is 2.22 bits per heavy atom. The Kier molecular flexibility index (Phi) is 5.21. The minimum absolute atomic E-state index is 0.000377. The second kappa shape index (κ2) is 7.61. The SMILES string of the molecule is O=[N+]([O-])C1=C2N(CC3CCCC3N2Cc2ccc(Cl)nc2)CN(CCO)C1. The van der Waals surface area contributed by atoms with Gasteiger partial charge in [-0.1, -0.05) is 24.1 Å². The molecule has 27 heavy (non-hydrogen) atoms. The minimum Gasteiger partial charge on any atom is -0.395 e. The maximum absolute atomic E-state index is 11.9. The van der Waals surface area contributed by atoms with Crippen molar-refractivity contribution >= 4 is 11.6 Å². The number of fused-ring (bicyclic) bond motifs is 2. The molecule has 0 spiro atoms. The summed E-state index contributed by atoms with van der Waals surface area (Å²) in [5.41, 5.74) is 1.22. The number of halogens is 1. The molecular weight excluding hydrogens is 370 g/mol. The van der Waals surface area contributed by atoms with Crippen molar-refractivity contribution in [3.05, 3.63) is 50.7 Å². The molecule has 1 saturated heterocycles. The van der Waals surface area contributed by atoms with Gasteiger partial charge in [-0.2, -0.15) is 0 Å². The fourth-order valence-corrected chi connectivity index (χ4v) is 4.83. The maximum atomic E-state index is 11.9. The van der Waals surface area contributed by atoms with Crippen LogP contribution in [0.5, 0.6) is 0 Å². The first kappa shape index (κ1) is 18.5. The molecular formula is C18H24ClN5O3. The smallest absolute Gasteiger partial charge is 0.300 e. The zero-order chi connectivity index (χ0) is 19.0. The van der Waals surface area contributed by atoms with Gasteiger partial charge in [0, 0.05) is 31.9 Å². The van der Waals surface area contributed by atoms with Crippen LogP contribution < -0.4 is 0 Å². The van der Waals surface area contributed by atoms with Crippen molar-refractivity contribution in [2.75, 3.05) is 32.9 Å². The van der Waals surface area contributed by atoms with Crippen molar-refractivity contribution in [3.63, 3.8) is 0 Å². The second-order valence-corrected chi connectivity index (χ2v) is 7.93. The molecule has 0 radical (unpaired) electrons. The molecule has 3 heterocycles. The quantitative estimate of drug-likeness (QED) is 0.463. The molecule has 146 valence electrons. The van der Waals surface area contributed by atoms with Gasteiger partial charge in [-0.3, -0.25) is 15.0 Å². The van der Waals surface area contributed by atoms with Crippen LogP contribution in [-0.4, -0.2) is 68.7 Å². The van der Waals surface area contributed by atoms with Crippen molar-refractivity contribution < 1.29 is 10.0 Å². The van der Waals surface area contributed by atoms with E-state index in [0.717, 1.165) is 37.2 Å². The number of β-amino-alcohol motifs (C(OH)–C–C–N with tert-alkyl or cyclic N) is 1. The lowest BCUT2D eigenvalue weighted by molar-refractivity contribution is -0.434. The zero-order valence-electron chi connectivity index (χ0n) is 15.1. The Hall–Kier alpha value is -1.90. The van der Waals surface area contributed by atoms with Crippen LogP contribution in [0.2, 0.25) is 5.15 Å². The Labute approximate surface area is 163 Å². The first-order valence-corrected chi connectivity index (χ1v) is 9.77. The molecule has 2 aliphatic heterocycles. The van der Waals surface area contributed by atoms with Gasteiger partial charge in [-0.15, -0.1) is 0 Å². The van der Waals surface area contributed by atoms with Crippen molar-refractivity contribution in [2.24, 2.45) is 5.92 Å². The first-order valence-electron chi connectivity index (χ1n) is 9.39. The topological polar surface area (TPSA) is 86.0 Å². The predicted molar refractivity (Wildman–Crippen MR) is 100 cm³/mol. The second-order valence-electron chi connectivity index (χ2n) is 7.54. The van der Waals surface area contributed by atoms with Crippen molar-refractivity contribution in [1.29, 1.82) is 0 Å². The number of rotatable bonds is 5. The van der Waals surface area contributed by atoms with Crippen LogP contribution in [0.4, 0.5) is 0 Å². The number of pyridine rings is 1. The Balaban J connectivity index is 1.71. The van der Waals surface area contributed by atoms with Crippen LogP contribution in [0.25, 0.3) is 0 Å². The highest BCUT2D eigenvalue weighted by Gasteiger charge is 2.46. The molecule has 2 fully saturated rings. The average Bonchev–Trinajstić information content (AvgIpc) is 3.11. The van der Waals surface area contributed by atoms with E-state index in [0.29, 0.717) is 36.9 Å². The molecule has 1 saturated carbocycles. The van der Waals surface area contributed by atoms with Crippen molar-refractivity contribution in [2.45, 2.75) is 31.8 Å². The number of hydrogen-bond donors (Lipinski definition) is 1. The van der Waals surface area contributed by atoms with Gasteiger partial charge >= 0.3 is 0 Å². The minimum atomic E-state index is -0.256. The number of nitrogens with zero attached hydrogens (tertiary/aromatic N) is 5. The third-order valence-corrected chi connectivity index (χ3v) is 6.05. The van der Waals surface area contributed by atoms with Gasteiger partial charge in [0.2, 0.25) is 0 Å². The van der Waals surface area contributed by atoms with E-state index in [9.17, 15) is 15.2 Å². The summed E-state index contributed by atoms with van der Waals surface area (Å²) in [6.45, 7) is 2.75. The molecule has 4 rings (SSSR count). The Morgan fingerprint density at radius 3 is 2.93 bits per heavy atom. The van der Waals surface area contributed by atoms with Crippen molar-refractivity contribution in [3.8, 4) is 0 Å². The molecule has 1 aromatic heterocycles. The fourth-order valence-electron chi connectivity index (χ4n) is 4.72. The van der Waals surface area contributed by atoms with Crippen LogP contribution in [0.15, 0.2) is 29.8 Å². The van der Waals surface area contributed by atoms with Gasteiger partial charge in [-0.25, -0.2) is 4.98 Å². The van der Waals surface area contributed by atoms with E-state index in [1.165, 1.54) is 0 Å². The Bertz CT molecular complexity index is 741. The van der Waals surface area contributed by atoms with E-state index in [1.807, 2.05) is 11.0 Å². The summed E-state index contributed by atoms with van der Waals surface area (Å²) in [6.07, 6.45) is 5.12. The van der Waals surface area contributed by atoms with Gasteiger partial charge < -0.3 is 14.9 Å². The summed E-state index contributed by atoms with van der Waals surface area (Å²) >= 11 is 5.91. The zero-order valence-corrected chi connectivity index (χ0v) is 15.9. The van der Waals surface area contributed by atoms with Gasteiger partial charge in [0.25, 0.3) is 5.70 Å². The average molecular weight is 394 g/mol. The van der Waals surface area contributed by atoms with Gasteiger partial charge in [0.05, 0.1) is 24.7 Å². The lowest BCUT2D eigenvalue weighted by atomic mass is 9.96. The molecule has 2 atom stereocenters. The largest absolute Gasteiger partial charge is 0.395 e. The molecule has 1 aromatic rings. The highest BCUT2D eigenvalue weighted by Crippen LogP contribution is 2.41. The molecule has 9 heteroatoms. The molecule has 1 aliphatic carbocycles. The molecule has 3 aliphatic rings. The number of hydrogen-bond acceptors (Lipinski definition) is 7. The van der Waals surface area contributed by atoms with E-state index in [2.05, 4.69) is 14.8 Å². The van der Waals surface area contributed by atoms with Gasteiger partial charge in [0.1, 0.15) is 5.15 Å². The summed E-state index contributed by atoms with van der Waals surface area (Å²) in [7, 11) is 0. The van der Waals surface area contributed by atoms with Crippen LogP contribution >= 0.6 is 11.6 Å². The first-order chi connectivity index (χ1) is 13.1. The third-order valence-electron chi connectivity index (χ3n) is 5.83. The number of aliphatic hydroxyl groups is 1. The van der Waals surface area contributed by atoms with E-state index in [4.69, 9.17) is 11.6 Å². The number of nitro groups is 1. The van der Waals surface area contributed by atoms with Crippen molar-refractivity contribution in [1.82, 2.24) is 19.7 Å².